The zero-order valence-electron chi connectivity index (χ0n) is 7.82. The minimum Gasteiger partial charge on any atom is -0.389 e. The largest absolute Gasteiger partial charge is 0.389 e. The van der Waals surface area contributed by atoms with Crippen molar-refractivity contribution in [3.63, 3.8) is 0 Å². The Bertz CT molecular complexity index is 311. The van der Waals surface area contributed by atoms with Crippen LogP contribution in [0.15, 0.2) is 18.3 Å². The highest BCUT2D eigenvalue weighted by Crippen LogP contribution is 2.10. The molecule has 1 aromatic heterocycles. The molecule has 0 amide bonds. The Kier molecular flexibility index (Phi) is 3.19. The summed E-state index contributed by atoms with van der Waals surface area (Å²) >= 11 is 4.88. The minimum absolute atomic E-state index is 0.410. The van der Waals surface area contributed by atoms with E-state index >= 15 is 0 Å². The van der Waals surface area contributed by atoms with E-state index in [4.69, 9.17) is 18.0 Å². The fourth-order valence-corrected chi connectivity index (χ4v) is 1.07. The van der Waals surface area contributed by atoms with Gasteiger partial charge in [-0.2, -0.15) is 0 Å². The molecular formula is C9H13N3S. The SMILES string of the molecule is CCN(C)c1cc(C(N)=S)ccn1. The highest BCUT2D eigenvalue weighted by molar-refractivity contribution is 7.80. The molecule has 70 valence electrons. The van der Waals surface area contributed by atoms with Crippen LogP contribution in [0.2, 0.25) is 0 Å². The molecule has 0 aliphatic rings. The van der Waals surface area contributed by atoms with Crippen molar-refractivity contribution in [3.05, 3.63) is 23.9 Å². The van der Waals surface area contributed by atoms with Crippen LogP contribution in [0, 0.1) is 0 Å². The highest BCUT2D eigenvalue weighted by atomic mass is 32.1. The summed E-state index contributed by atoms with van der Waals surface area (Å²) in [5.41, 5.74) is 6.37. The predicted octanol–water partition coefficient (Wildman–Crippen LogP) is 1.17. The second kappa shape index (κ2) is 4.18. The molecule has 4 heteroatoms. The Morgan fingerprint density at radius 2 is 2.38 bits per heavy atom. The van der Waals surface area contributed by atoms with E-state index in [1.54, 1.807) is 6.20 Å². The van der Waals surface area contributed by atoms with E-state index < -0.39 is 0 Å². The number of rotatable bonds is 3. The van der Waals surface area contributed by atoms with E-state index in [9.17, 15) is 0 Å². The summed E-state index contributed by atoms with van der Waals surface area (Å²) in [7, 11) is 1.98. The number of thiocarbonyl (C=S) groups is 1. The Hall–Kier alpha value is -1.16. The average molecular weight is 195 g/mol. The highest BCUT2D eigenvalue weighted by Gasteiger charge is 2.02. The van der Waals surface area contributed by atoms with Crippen molar-refractivity contribution in [2.75, 3.05) is 18.5 Å². The average Bonchev–Trinajstić information content (AvgIpc) is 2.17. The van der Waals surface area contributed by atoms with Crippen molar-refractivity contribution in [3.8, 4) is 0 Å². The minimum atomic E-state index is 0.410. The first-order valence-electron chi connectivity index (χ1n) is 4.12. The molecule has 0 aromatic carbocycles. The van der Waals surface area contributed by atoms with Gasteiger partial charge < -0.3 is 10.6 Å². The fourth-order valence-electron chi connectivity index (χ4n) is 0.942. The number of nitrogens with two attached hydrogens (primary N) is 1. The van der Waals surface area contributed by atoms with E-state index in [1.807, 2.05) is 24.1 Å². The molecule has 1 aromatic rings. The van der Waals surface area contributed by atoms with Gasteiger partial charge in [0.25, 0.3) is 0 Å². The van der Waals surface area contributed by atoms with E-state index in [1.165, 1.54) is 0 Å². The Labute approximate surface area is 83.6 Å². The summed E-state index contributed by atoms with van der Waals surface area (Å²) in [6.07, 6.45) is 1.72. The van der Waals surface area contributed by atoms with Crippen molar-refractivity contribution in [1.29, 1.82) is 0 Å². The molecule has 0 saturated heterocycles. The van der Waals surface area contributed by atoms with Gasteiger partial charge in [-0.15, -0.1) is 0 Å². The summed E-state index contributed by atoms with van der Waals surface area (Å²) in [6.45, 7) is 2.98. The van der Waals surface area contributed by atoms with E-state index in [-0.39, 0.29) is 0 Å². The summed E-state index contributed by atoms with van der Waals surface area (Å²) in [6, 6.07) is 3.71. The lowest BCUT2D eigenvalue weighted by Gasteiger charge is -2.15. The maximum Gasteiger partial charge on any atom is 0.128 e. The van der Waals surface area contributed by atoms with Crippen LogP contribution in [-0.2, 0) is 0 Å². The second-order valence-corrected chi connectivity index (χ2v) is 3.22. The molecule has 1 heterocycles. The molecule has 0 spiro atoms. The van der Waals surface area contributed by atoms with Gasteiger partial charge in [0.1, 0.15) is 10.8 Å². The monoisotopic (exact) mass is 195 g/mol. The number of pyridine rings is 1. The third-order valence-electron chi connectivity index (χ3n) is 1.90. The third kappa shape index (κ3) is 2.39. The predicted molar refractivity (Wildman–Crippen MR) is 59.1 cm³/mol. The summed E-state index contributed by atoms with van der Waals surface area (Å²) in [5, 5.41) is 0. The molecule has 13 heavy (non-hydrogen) atoms. The van der Waals surface area contributed by atoms with Crippen molar-refractivity contribution in [2.45, 2.75) is 6.92 Å². The molecule has 0 atom stereocenters. The van der Waals surface area contributed by atoms with Gasteiger partial charge in [-0.25, -0.2) is 4.98 Å². The van der Waals surface area contributed by atoms with Crippen LogP contribution in [-0.4, -0.2) is 23.6 Å². The molecule has 3 nitrogen and oxygen atoms in total. The van der Waals surface area contributed by atoms with Gasteiger partial charge in [0.05, 0.1) is 0 Å². The van der Waals surface area contributed by atoms with E-state index in [2.05, 4.69) is 11.9 Å². The Morgan fingerprint density at radius 1 is 1.69 bits per heavy atom. The van der Waals surface area contributed by atoms with Crippen LogP contribution in [0.4, 0.5) is 5.82 Å². The number of hydrogen-bond acceptors (Lipinski definition) is 3. The van der Waals surface area contributed by atoms with Crippen LogP contribution >= 0.6 is 12.2 Å². The van der Waals surface area contributed by atoms with Gasteiger partial charge in [0.2, 0.25) is 0 Å². The lowest BCUT2D eigenvalue weighted by Crippen LogP contribution is -2.18. The maximum absolute atomic E-state index is 5.51. The summed E-state index contributed by atoms with van der Waals surface area (Å²) in [4.78, 5) is 6.64. The van der Waals surface area contributed by atoms with Crippen LogP contribution in [0.25, 0.3) is 0 Å². The van der Waals surface area contributed by atoms with Crippen molar-refractivity contribution in [2.24, 2.45) is 5.73 Å². The molecule has 0 saturated carbocycles. The number of aromatic nitrogens is 1. The Morgan fingerprint density at radius 3 is 2.92 bits per heavy atom. The third-order valence-corrected chi connectivity index (χ3v) is 2.13. The molecular weight excluding hydrogens is 182 g/mol. The molecule has 1 rings (SSSR count). The van der Waals surface area contributed by atoms with Crippen LogP contribution in [0.3, 0.4) is 0 Å². The van der Waals surface area contributed by atoms with Crippen LogP contribution < -0.4 is 10.6 Å². The second-order valence-electron chi connectivity index (χ2n) is 2.78. The van der Waals surface area contributed by atoms with Gasteiger partial charge in [-0.05, 0) is 19.1 Å². The van der Waals surface area contributed by atoms with Gasteiger partial charge in [0.15, 0.2) is 0 Å². The maximum atomic E-state index is 5.51. The number of anilines is 1. The molecule has 0 fully saturated rings. The molecule has 0 bridgehead atoms. The standard InChI is InChI=1S/C9H13N3S/c1-3-12(2)8-6-7(9(10)13)4-5-11-8/h4-6H,3H2,1-2H3,(H2,10,13). The van der Waals surface area contributed by atoms with Crippen molar-refractivity contribution >= 4 is 23.0 Å². The number of hydrogen-bond donors (Lipinski definition) is 1. The van der Waals surface area contributed by atoms with Gasteiger partial charge >= 0.3 is 0 Å². The van der Waals surface area contributed by atoms with Crippen molar-refractivity contribution in [1.82, 2.24) is 4.98 Å². The molecule has 0 radical (unpaired) electrons. The van der Waals surface area contributed by atoms with Gasteiger partial charge in [-0.3, -0.25) is 0 Å². The smallest absolute Gasteiger partial charge is 0.128 e. The Balaban J connectivity index is 2.98. The molecule has 0 unspecified atom stereocenters. The van der Waals surface area contributed by atoms with Crippen molar-refractivity contribution < 1.29 is 0 Å². The topological polar surface area (TPSA) is 42.1 Å². The molecule has 0 aliphatic carbocycles. The van der Waals surface area contributed by atoms with E-state index in [0.717, 1.165) is 17.9 Å². The lowest BCUT2D eigenvalue weighted by molar-refractivity contribution is 0.938. The number of nitrogens with zero attached hydrogens (tertiary/aromatic N) is 2. The fraction of sp³-hybridized carbons (Fsp3) is 0.333. The lowest BCUT2D eigenvalue weighted by atomic mass is 10.2. The summed E-state index contributed by atoms with van der Waals surface area (Å²) < 4.78 is 0. The first kappa shape index (κ1) is 9.92. The van der Waals surface area contributed by atoms with E-state index in [0.29, 0.717) is 4.99 Å². The van der Waals surface area contributed by atoms with Gasteiger partial charge in [0, 0.05) is 25.4 Å². The molecule has 2 N–H and O–H groups in total. The zero-order chi connectivity index (χ0) is 9.84. The van der Waals surface area contributed by atoms with Gasteiger partial charge in [-0.1, -0.05) is 12.2 Å². The summed E-state index contributed by atoms with van der Waals surface area (Å²) in [5.74, 6) is 0.896. The first-order valence-corrected chi connectivity index (χ1v) is 4.53. The molecule has 0 aliphatic heterocycles. The van der Waals surface area contributed by atoms with Crippen LogP contribution in [0.5, 0.6) is 0 Å². The van der Waals surface area contributed by atoms with Crippen LogP contribution in [0.1, 0.15) is 12.5 Å². The quantitative estimate of drug-likeness (QED) is 0.735. The normalized spacial score (nSPS) is 9.69. The zero-order valence-corrected chi connectivity index (χ0v) is 8.64. The first-order chi connectivity index (χ1) is 6.15.